The summed E-state index contributed by atoms with van der Waals surface area (Å²) in [6.07, 6.45) is 5.66. The largest absolute Gasteiger partial charge is 0.303 e. The van der Waals surface area contributed by atoms with Crippen molar-refractivity contribution < 1.29 is 4.79 Å². The number of aldehydes is 1. The molecule has 1 saturated carbocycles. The van der Waals surface area contributed by atoms with Crippen LogP contribution in [0.2, 0.25) is 0 Å². The Morgan fingerprint density at radius 1 is 1.00 bits per heavy atom. The van der Waals surface area contributed by atoms with E-state index >= 15 is 0 Å². The van der Waals surface area contributed by atoms with E-state index in [9.17, 15) is 4.79 Å². The van der Waals surface area contributed by atoms with Gasteiger partial charge in [-0.15, -0.1) is 0 Å². The van der Waals surface area contributed by atoms with Crippen molar-refractivity contribution in [3.63, 3.8) is 0 Å². The standard InChI is InChI=1S/C17H18O/c18-12-13-4-3-7-15(10-13)17-9-8-14-5-1-2-6-16(14)11-17/h1-2,5-6,8-9,11-13,15H,3-4,7,10H2. The first-order valence-corrected chi connectivity index (χ1v) is 6.81. The molecule has 1 aliphatic carbocycles. The average Bonchev–Trinajstić information content (AvgIpc) is 2.47. The van der Waals surface area contributed by atoms with Gasteiger partial charge in [-0.05, 0) is 41.5 Å². The monoisotopic (exact) mass is 238 g/mol. The highest BCUT2D eigenvalue weighted by Gasteiger charge is 2.22. The summed E-state index contributed by atoms with van der Waals surface area (Å²) in [5, 5.41) is 2.60. The predicted octanol–water partition coefficient (Wildman–Crippen LogP) is 4.31. The van der Waals surface area contributed by atoms with Crippen LogP contribution in [0.1, 0.15) is 37.2 Å². The Bertz CT molecular complexity index is 558. The van der Waals surface area contributed by atoms with Gasteiger partial charge in [0.15, 0.2) is 0 Å². The van der Waals surface area contributed by atoms with Crippen molar-refractivity contribution in [3.8, 4) is 0 Å². The molecule has 0 spiro atoms. The van der Waals surface area contributed by atoms with Crippen LogP contribution >= 0.6 is 0 Å². The van der Waals surface area contributed by atoms with Gasteiger partial charge in [-0.25, -0.2) is 0 Å². The summed E-state index contributed by atoms with van der Waals surface area (Å²) >= 11 is 0. The second kappa shape index (κ2) is 4.93. The first-order valence-electron chi connectivity index (χ1n) is 6.81. The van der Waals surface area contributed by atoms with Crippen molar-refractivity contribution in [2.45, 2.75) is 31.6 Å². The summed E-state index contributed by atoms with van der Waals surface area (Å²) in [5.74, 6) is 0.841. The highest BCUT2D eigenvalue weighted by Crippen LogP contribution is 2.36. The number of hydrogen-bond donors (Lipinski definition) is 0. The molecule has 0 N–H and O–H groups in total. The Hall–Kier alpha value is -1.63. The van der Waals surface area contributed by atoms with Crippen LogP contribution in [0, 0.1) is 5.92 Å². The molecule has 0 radical (unpaired) electrons. The maximum Gasteiger partial charge on any atom is 0.123 e. The highest BCUT2D eigenvalue weighted by molar-refractivity contribution is 5.83. The summed E-state index contributed by atoms with van der Waals surface area (Å²) in [6, 6.07) is 15.2. The molecule has 2 aromatic rings. The normalized spacial score (nSPS) is 24.0. The minimum absolute atomic E-state index is 0.273. The molecule has 0 aliphatic heterocycles. The van der Waals surface area contributed by atoms with Crippen molar-refractivity contribution in [1.82, 2.24) is 0 Å². The summed E-state index contributed by atoms with van der Waals surface area (Å²) in [5.41, 5.74) is 1.40. The first-order chi connectivity index (χ1) is 8.86. The lowest BCUT2D eigenvalue weighted by Crippen LogP contribution is -2.15. The average molecular weight is 238 g/mol. The maximum absolute atomic E-state index is 10.9. The SMILES string of the molecule is O=CC1CCCC(c2ccc3ccccc3c2)C1. The quantitative estimate of drug-likeness (QED) is 0.712. The molecule has 0 aromatic heterocycles. The Morgan fingerprint density at radius 3 is 2.67 bits per heavy atom. The summed E-state index contributed by atoms with van der Waals surface area (Å²) in [7, 11) is 0. The lowest BCUT2D eigenvalue weighted by Gasteiger charge is -2.26. The molecule has 2 aromatic carbocycles. The zero-order chi connectivity index (χ0) is 12.4. The molecule has 1 fully saturated rings. The topological polar surface area (TPSA) is 17.1 Å². The lowest BCUT2D eigenvalue weighted by molar-refractivity contribution is -0.112. The van der Waals surface area contributed by atoms with Crippen LogP contribution in [-0.4, -0.2) is 6.29 Å². The molecule has 92 valence electrons. The van der Waals surface area contributed by atoms with Gasteiger partial charge in [0.1, 0.15) is 6.29 Å². The first kappa shape index (κ1) is 11.5. The van der Waals surface area contributed by atoms with E-state index in [1.165, 1.54) is 29.2 Å². The maximum atomic E-state index is 10.9. The Morgan fingerprint density at radius 2 is 1.83 bits per heavy atom. The molecule has 2 unspecified atom stereocenters. The van der Waals surface area contributed by atoms with Gasteiger partial charge in [-0.3, -0.25) is 0 Å². The van der Waals surface area contributed by atoms with Gasteiger partial charge in [0, 0.05) is 5.92 Å². The number of rotatable bonds is 2. The van der Waals surface area contributed by atoms with E-state index in [1.807, 2.05) is 0 Å². The number of carbonyl (C=O) groups is 1. The zero-order valence-corrected chi connectivity index (χ0v) is 10.5. The molecular weight excluding hydrogens is 220 g/mol. The fraction of sp³-hybridized carbons (Fsp3) is 0.353. The second-order valence-corrected chi connectivity index (χ2v) is 5.37. The molecule has 0 heterocycles. The number of fused-ring (bicyclic) bond motifs is 1. The third-order valence-corrected chi connectivity index (χ3v) is 4.15. The van der Waals surface area contributed by atoms with Gasteiger partial charge < -0.3 is 4.79 Å². The fourth-order valence-corrected chi connectivity index (χ4v) is 3.12. The Balaban J connectivity index is 1.91. The van der Waals surface area contributed by atoms with E-state index in [-0.39, 0.29) is 5.92 Å². The molecular formula is C17H18O. The fourth-order valence-electron chi connectivity index (χ4n) is 3.12. The minimum Gasteiger partial charge on any atom is -0.303 e. The van der Waals surface area contributed by atoms with E-state index in [2.05, 4.69) is 42.5 Å². The smallest absolute Gasteiger partial charge is 0.123 e. The van der Waals surface area contributed by atoms with Gasteiger partial charge in [-0.2, -0.15) is 0 Å². The summed E-state index contributed by atoms with van der Waals surface area (Å²) < 4.78 is 0. The van der Waals surface area contributed by atoms with Crippen molar-refractivity contribution in [2.75, 3.05) is 0 Å². The van der Waals surface area contributed by atoms with Gasteiger partial charge >= 0.3 is 0 Å². The van der Waals surface area contributed by atoms with Gasteiger partial charge in [0.05, 0.1) is 0 Å². The molecule has 2 atom stereocenters. The molecule has 1 heteroatoms. The van der Waals surface area contributed by atoms with Crippen LogP contribution < -0.4 is 0 Å². The summed E-state index contributed by atoms with van der Waals surface area (Å²) in [6.45, 7) is 0. The van der Waals surface area contributed by atoms with Crippen molar-refractivity contribution in [1.29, 1.82) is 0 Å². The number of benzene rings is 2. The molecule has 0 saturated heterocycles. The molecule has 1 aliphatic rings. The Kier molecular flexibility index (Phi) is 3.14. The molecule has 1 nitrogen and oxygen atoms in total. The third-order valence-electron chi connectivity index (χ3n) is 4.15. The van der Waals surface area contributed by atoms with E-state index in [0.717, 1.165) is 19.1 Å². The zero-order valence-electron chi connectivity index (χ0n) is 10.5. The lowest BCUT2D eigenvalue weighted by atomic mass is 9.78. The minimum atomic E-state index is 0.273. The van der Waals surface area contributed by atoms with Crippen molar-refractivity contribution in [3.05, 3.63) is 48.0 Å². The highest BCUT2D eigenvalue weighted by atomic mass is 16.1. The Labute approximate surface area is 108 Å². The van der Waals surface area contributed by atoms with E-state index in [0.29, 0.717) is 5.92 Å². The molecule has 0 bridgehead atoms. The number of hydrogen-bond acceptors (Lipinski definition) is 1. The predicted molar refractivity (Wildman–Crippen MR) is 74.7 cm³/mol. The van der Waals surface area contributed by atoms with Gasteiger partial charge in [0.2, 0.25) is 0 Å². The molecule has 0 amide bonds. The van der Waals surface area contributed by atoms with Crippen molar-refractivity contribution in [2.24, 2.45) is 5.92 Å². The third kappa shape index (κ3) is 2.17. The number of carbonyl (C=O) groups excluding carboxylic acids is 1. The van der Waals surface area contributed by atoms with E-state index < -0.39 is 0 Å². The van der Waals surface area contributed by atoms with Gasteiger partial charge in [0.25, 0.3) is 0 Å². The van der Waals surface area contributed by atoms with E-state index in [1.54, 1.807) is 0 Å². The van der Waals surface area contributed by atoms with Gasteiger partial charge in [-0.1, -0.05) is 48.9 Å². The van der Waals surface area contributed by atoms with Crippen LogP contribution in [0.4, 0.5) is 0 Å². The van der Waals surface area contributed by atoms with Crippen LogP contribution in [-0.2, 0) is 4.79 Å². The molecule has 18 heavy (non-hydrogen) atoms. The van der Waals surface area contributed by atoms with Crippen LogP contribution in [0.15, 0.2) is 42.5 Å². The van der Waals surface area contributed by atoms with E-state index in [4.69, 9.17) is 0 Å². The van der Waals surface area contributed by atoms with Crippen LogP contribution in [0.25, 0.3) is 10.8 Å². The second-order valence-electron chi connectivity index (χ2n) is 5.37. The molecule has 3 rings (SSSR count). The van der Waals surface area contributed by atoms with Crippen LogP contribution in [0.5, 0.6) is 0 Å². The summed E-state index contributed by atoms with van der Waals surface area (Å²) in [4.78, 5) is 10.9. The van der Waals surface area contributed by atoms with Crippen molar-refractivity contribution >= 4 is 17.1 Å². The van der Waals surface area contributed by atoms with Crippen LogP contribution in [0.3, 0.4) is 0 Å².